The van der Waals surface area contributed by atoms with Gasteiger partial charge in [-0.05, 0) is 76.0 Å². The summed E-state index contributed by atoms with van der Waals surface area (Å²) in [5.41, 5.74) is 3.37. The largest absolute Gasteiger partial charge is 0.481 e. The molecule has 0 aliphatic carbocycles. The molecule has 3 saturated heterocycles. The third-order valence-electron chi connectivity index (χ3n) is 10.2. The van der Waals surface area contributed by atoms with Crippen LogP contribution in [-0.2, 0) is 4.79 Å². The molecule has 48 heavy (non-hydrogen) atoms. The summed E-state index contributed by atoms with van der Waals surface area (Å²) in [7, 11) is 2.08. The van der Waals surface area contributed by atoms with E-state index in [1.54, 1.807) is 18.5 Å². The number of aryl methyl sites for hydroxylation is 1. The van der Waals surface area contributed by atoms with Gasteiger partial charge in [-0.25, -0.2) is 15.0 Å². The first-order valence-corrected chi connectivity index (χ1v) is 16.3. The Hall–Kier alpha value is -4.52. The van der Waals surface area contributed by atoms with Gasteiger partial charge in [0.05, 0.1) is 6.20 Å². The van der Waals surface area contributed by atoms with Gasteiger partial charge in [0.2, 0.25) is 5.91 Å². The first kappa shape index (κ1) is 32.0. The van der Waals surface area contributed by atoms with E-state index >= 15 is 0 Å². The molecular weight excluding hydrogens is 621 g/mol. The molecule has 1 amide bonds. The zero-order chi connectivity index (χ0) is 33.8. The summed E-state index contributed by atoms with van der Waals surface area (Å²) in [5.74, 6) is 1.34. The number of alkyl halides is 3. The molecule has 1 N–H and O–H groups in total. The summed E-state index contributed by atoms with van der Waals surface area (Å²) in [6.45, 7) is 12.6. The molecule has 3 aliphatic rings. The first-order valence-electron chi connectivity index (χ1n) is 16.3. The number of aromatic nitrogens is 5. The number of benzene rings is 1. The summed E-state index contributed by atoms with van der Waals surface area (Å²) >= 11 is 0. The maximum atomic E-state index is 13.9. The van der Waals surface area contributed by atoms with Crippen LogP contribution in [0.25, 0.3) is 39.1 Å². The Morgan fingerprint density at radius 2 is 1.81 bits per heavy atom. The number of aromatic amines is 1. The van der Waals surface area contributed by atoms with E-state index in [-0.39, 0.29) is 23.0 Å². The number of halogens is 3. The number of hydrogen-bond donors (Lipinski definition) is 1. The van der Waals surface area contributed by atoms with E-state index in [0.29, 0.717) is 76.4 Å². The van der Waals surface area contributed by atoms with Crippen LogP contribution in [0.5, 0.6) is 5.75 Å². The Bertz CT molecular complexity index is 1900. The molecule has 1 spiro atoms. The fourth-order valence-corrected chi connectivity index (χ4v) is 7.55. The van der Waals surface area contributed by atoms with E-state index in [9.17, 15) is 18.0 Å². The molecule has 7 rings (SSSR count). The molecule has 0 atom stereocenters. The van der Waals surface area contributed by atoms with Crippen LogP contribution in [0.15, 0.2) is 37.7 Å². The number of likely N-dealkylation sites (tertiary alicyclic amines) is 2. The number of piperidine rings is 2. The van der Waals surface area contributed by atoms with Crippen LogP contribution in [-0.4, -0.2) is 100.0 Å². The smallest absolute Gasteiger partial charge is 0.422 e. The maximum Gasteiger partial charge on any atom is 0.422 e. The second-order valence-electron chi connectivity index (χ2n) is 13.5. The molecule has 252 valence electrons. The van der Waals surface area contributed by atoms with Crippen molar-refractivity contribution in [1.82, 2.24) is 34.9 Å². The lowest BCUT2D eigenvalue weighted by atomic mass is 9.72. The average Bonchev–Trinajstić information content (AvgIpc) is 3.54. The van der Waals surface area contributed by atoms with Crippen LogP contribution >= 0.6 is 0 Å². The van der Waals surface area contributed by atoms with E-state index < -0.39 is 12.8 Å². The third-order valence-corrected chi connectivity index (χ3v) is 10.2. The number of carbonyl (C=O) groups excluding carboxylic acids is 1. The van der Waals surface area contributed by atoms with Crippen molar-refractivity contribution in [3.63, 3.8) is 0 Å². The molecule has 13 heteroatoms. The van der Waals surface area contributed by atoms with Gasteiger partial charge in [0.25, 0.3) is 0 Å². The zero-order valence-electron chi connectivity index (χ0n) is 27.2. The Morgan fingerprint density at radius 1 is 1.08 bits per heavy atom. The highest BCUT2D eigenvalue weighted by Gasteiger charge is 2.46. The molecule has 3 aromatic heterocycles. The van der Waals surface area contributed by atoms with E-state index in [1.165, 1.54) is 6.08 Å². The summed E-state index contributed by atoms with van der Waals surface area (Å²) in [5, 5.41) is 8.31. The third kappa shape index (κ3) is 5.78. The molecule has 6 heterocycles. The van der Waals surface area contributed by atoms with E-state index in [0.717, 1.165) is 44.3 Å². The topological polar surface area (TPSA) is 103 Å². The Kier molecular flexibility index (Phi) is 8.13. The maximum absolute atomic E-state index is 13.9. The summed E-state index contributed by atoms with van der Waals surface area (Å²) in [6.07, 6.45) is 5.11. The van der Waals surface area contributed by atoms with Crippen molar-refractivity contribution in [3.05, 3.63) is 54.6 Å². The van der Waals surface area contributed by atoms with Gasteiger partial charge in [0, 0.05) is 65.6 Å². The van der Waals surface area contributed by atoms with Gasteiger partial charge in [-0.2, -0.15) is 18.3 Å². The van der Waals surface area contributed by atoms with Gasteiger partial charge >= 0.3 is 6.18 Å². The normalized spacial score (nSPS) is 18.8. The quantitative estimate of drug-likeness (QED) is 0.245. The van der Waals surface area contributed by atoms with Gasteiger partial charge in [-0.3, -0.25) is 9.89 Å². The second kappa shape index (κ2) is 12.2. The molecule has 0 radical (unpaired) electrons. The van der Waals surface area contributed by atoms with Crippen LogP contribution in [0.3, 0.4) is 0 Å². The minimum absolute atomic E-state index is 0.0420. The van der Waals surface area contributed by atoms with Gasteiger partial charge < -0.3 is 19.4 Å². The van der Waals surface area contributed by atoms with Crippen molar-refractivity contribution in [2.24, 2.45) is 5.41 Å². The van der Waals surface area contributed by atoms with Crippen LogP contribution in [0.1, 0.15) is 48.6 Å². The molecule has 3 aliphatic heterocycles. The zero-order valence-corrected chi connectivity index (χ0v) is 27.2. The number of anilines is 1. The van der Waals surface area contributed by atoms with Crippen molar-refractivity contribution in [2.75, 3.05) is 57.8 Å². The van der Waals surface area contributed by atoms with E-state index in [1.807, 2.05) is 17.9 Å². The highest BCUT2D eigenvalue weighted by atomic mass is 19.4. The van der Waals surface area contributed by atoms with E-state index in [4.69, 9.17) is 14.7 Å². The van der Waals surface area contributed by atoms with Crippen LogP contribution < -0.4 is 9.64 Å². The minimum atomic E-state index is -4.58. The van der Waals surface area contributed by atoms with Crippen molar-refractivity contribution >= 4 is 39.7 Å². The Balaban J connectivity index is 1.40. The molecule has 3 fully saturated rings. The van der Waals surface area contributed by atoms with Crippen molar-refractivity contribution < 1.29 is 22.7 Å². The van der Waals surface area contributed by atoms with Crippen molar-refractivity contribution in [2.45, 2.75) is 44.7 Å². The number of nitrogens with one attached hydrogen (secondary N) is 1. The van der Waals surface area contributed by atoms with Crippen molar-refractivity contribution in [1.29, 1.82) is 0 Å². The van der Waals surface area contributed by atoms with Crippen molar-refractivity contribution in [3.8, 4) is 16.9 Å². The molecule has 0 saturated carbocycles. The molecule has 1 aromatic carbocycles. The SMILES string of the molecule is C=CC(=O)N1CC2(CCN(c3nc(C4CCN(C)CC4)nc4c(OCC(F)(F)F)c(-c5c(C)cnc6[nH]ncc56)c(C=C)cc34)CC2)C1. The highest BCUT2D eigenvalue weighted by molar-refractivity contribution is 6.06. The number of amides is 1. The molecule has 10 nitrogen and oxygen atoms in total. The number of carbonyl (C=O) groups is 1. The lowest BCUT2D eigenvalue weighted by molar-refractivity contribution is -0.153. The van der Waals surface area contributed by atoms with Gasteiger partial charge in [-0.15, -0.1) is 0 Å². The average molecular weight is 661 g/mol. The molecule has 0 unspecified atom stereocenters. The van der Waals surface area contributed by atoms with E-state index in [2.05, 4.69) is 45.2 Å². The minimum Gasteiger partial charge on any atom is -0.481 e. The van der Waals surface area contributed by atoms with Crippen LogP contribution in [0.4, 0.5) is 19.0 Å². The van der Waals surface area contributed by atoms with Crippen LogP contribution in [0, 0.1) is 12.3 Å². The lowest BCUT2D eigenvalue weighted by Gasteiger charge is -2.54. The number of H-pyrrole nitrogens is 1. The standard InChI is InChI=1S/C35H39F3N8O2/c1-5-22-15-24-29(30(48-20-35(36,37)38)28(22)27-21(3)16-39-32-25(27)17-40-43-32)41-31(23-7-11-44(4)12-8-23)42-33(24)45-13-9-34(10-14-45)18-46(19-34)26(47)6-2/h5-6,15-17,23H,1-2,7-14,18-20H2,3-4H3,(H,39,40,43). The molecular formula is C35H39F3N8O2. The second-order valence-corrected chi connectivity index (χ2v) is 13.5. The predicted molar refractivity (Wildman–Crippen MR) is 179 cm³/mol. The molecule has 4 aromatic rings. The monoisotopic (exact) mass is 660 g/mol. The number of pyridine rings is 1. The Morgan fingerprint density at radius 3 is 2.48 bits per heavy atom. The van der Waals surface area contributed by atoms with Gasteiger partial charge in [0.1, 0.15) is 17.2 Å². The molecule has 0 bridgehead atoms. The first-order chi connectivity index (χ1) is 23.0. The fraction of sp³-hybridized carbons (Fsp3) is 0.457. The summed E-state index contributed by atoms with van der Waals surface area (Å²) < 4.78 is 47.5. The fourth-order valence-electron chi connectivity index (χ4n) is 7.55. The number of hydrogen-bond acceptors (Lipinski definition) is 8. The number of nitrogens with zero attached hydrogens (tertiary/aromatic N) is 7. The predicted octanol–water partition coefficient (Wildman–Crippen LogP) is 5.88. The Labute approximate surface area is 276 Å². The summed E-state index contributed by atoms with van der Waals surface area (Å²) in [6, 6.07) is 1.93. The lowest BCUT2D eigenvalue weighted by Crippen LogP contribution is -2.61. The number of ether oxygens (including phenoxy) is 1. The van der Waals surface area contributed by atoms with Crippen LogP contribution in [0.2, 0.25) is 0 Å². The number of rotatable bonds is 7. The number of fused-ring (bicyclic) bond motifs is 2. The van der Waals surface area contributed by atoms with Gasteiger partial charge in [0.15, 0.2) is 18.0 Å². The highest BCUT2D eigenvalue weighted by Crippen LogP contribution is 2.48. The summed E-state index contributed by atoms with van der Waals surface area (Å²) in [4.78, 5) is 33.1. The van der Waals surface area contributed by atoms with Gasteiger partial charge in [-0.1, -0.05) is 19.2 Å².